The molecular weight excluding hydrogens is 390 g/mol. The van der Waals surface area contributed by atoms with Gasteiger partial charge in [0.15, 0.2) is 0 Å². The van der Waals surface area contributed by atoms with Crippen LogP contribution in [0.4, 0.5) is 10.5 Å². The molecule has 0 saturated carbocycles. The second kappa shape index (κ2) is 7.67. The van der Waals surface area contributed by atoms with E-state index in [2.05, 4.69) is 20.1 Å². The van der Waals surface area contributed by atoms with E-state index in [-0.39, 0.29) is 11.9 Å². The summed E-state index contributed by atoms with van der Waals surface area (Å²) in [5.74, 6) is -0.203. The molecule has 2 aliphatic heterocycles. The zero-order chi connectivity index (χ0) is 21.4. The molecule has 0 unspecified atom stereocenters. The number of rotatable bonds is 4. The van der Waals surface area contributed by atoms with Crippen molar-refractivity contribution in [1.29, 1.82) is 0 Å². The highest BCUT2D eigenvalue weighted by atomic mass is 16.2. The van der Waals surface area contributed by atoms with Crippen LogP contribution in [-0.2, 0) is 10.3 Å². The molecule has 2 fully saturated rings. The first-order chi connectivity index (χ1) is 15.1. The number of hydrogen-bond acceptors (Lipinski definition) is 5. The summed E-state index contributed by atoms with van der Waals surface area (Å²) in [6.07, 6.45) is 3.59. The van der Waals surface area contributed by atoms with Crippen molar-refractivity contribution in [2.24, 2.45) is 0 Å². The molecule has 5 rings (SSSR count). The third-order valence-electron chi connectivity index (χ3n) is 6.34. The first-order valence-corrected chi connectivity index (χ1v) is 10.6. The van der Waals surface area contributed by atoms with Crippen molar-refractivity contribution < 1.29 is 9.59 Å². The van der Waals surface area contributed by atoms with Crippen molar-refractivity contribution in [3.05, 3.63) is 72.6 Å². The summed E-state index contributed by atoms with van der Waals surface area (Å²) in [6.45, 7) is 5.35. The van der Waals surface area contributed by atoms with Crippen molar-refractivity contribution in [3.8, 4) is 0 Å². The van der Waals surface area contributed by atoms with Gasteiger partial charge in [0.25, 0.3) is 5.91 Å². The van der Waals surface area contributed by atoms with Crippen LogP contribution in [0.3, 0.4) is 0 Å². The zero-order valence-electron chi connectivity index (χ0n) is 17.5. The first-order valence-electron chi connectivity index (χ1n) is 10.6. The lowest BCUT2D eigenvalue weighted by Gasteiger charge is -2.37. The number of hydrogen-bond donors (Lipinski definition) is 1. The molecule has 3 aromatic rings. The molecule has 1 N–H and O–H groups in total. The normalized spacial score (nSPS) is 22.2. The average molecular weight is 415 g/mol. The predicted molar refractivity (Wildman–Crippen MR) is 120 cm³/mol. The summed E-state index contributed by atoms with van der Waals surface area (Å²) in [5.41, 5.74) is 0.902. The molecule has 31 heavy (non-hydrogen) atoms. The number of carbonyl (C=O) groups excluding carboxylic acids is 2. The van der Waals surface area contributed by atoms with E-state index < -0.39 is 5.54 Å². The van der Waals surface area contributed by atoms with Gasteiger partial charge in [-0.2, -0.15) is 0 Å². The number of pyridine rings is 1. The summed E-state index contributed by atoms with van der Waals surface area (Å²) >= 11 is 0. The third-order valence-corrected chi connectivity index (χ3v) is 6.34. The SMILES string of the molecule is C[C@]1(c2cccc3ccccc23)NC(=O)N(CN2CCN(c3ccncc3)CC2)C1=O. The number of nitrogens with one attached hydrogen (secondary N) is 1. The quantitative estimate of drug-likeness (QED) is 0.664. The van der Waals surface area contributed by atoms with Crippen molar-refractivity contribution in [3.63, 3.8) is 0 Å². The lowest BCUT2D eigenvalue weighted by atomic mass is 9.88. The van der Waals surface area contributed by atoms with E-state index >= 15 is 0 Å². The van der Waals surface area contributed by atoms with E-state index in [0.717, 1.165) is 48.2 Å². The Morgan fingerprint density at radius 2 is 1.65 bits per heavy atom. The number of imide groups is 1. The summed E-state index contributed by atoms with van der Waals surface area (Å²) in [6, 6.07) is 17.5. The highest BCUT2D eigenvalue weighted by molar-refractivity contribution is 6.09. The maximum absolute atomic E-state index is 13.4. The number of fused-ring (bicyclic) bond motifs is 1. The predicted octanol–water partition coefficient (Wildman–Crippen LogP) is 2.78. The molecule has 158 valence electrons. The molecule has 0 spiro atoms. The van der Waals surface area contributed by atoms with Gasteiger partial charge in [-0.3, -0.25) is 14.7 Å². The van der Waals surface area contributed by atoms with Gasteiger partial charge in [-0.05, 0) is 35.4 Å². The Bertz CT molecular complexity index is 1120. The summed E-state index contributed by atoms with van der Waals surface area (Å²) in [4.78, 5) is 36.1. The van der Waals surface area contributed by atoms with Crippen LogP contribution in [-0.4, -0.2) is 59.6 Å². The van der Waals surface area contributed by atoms with Gasteiger partial charge in [0.2, 0.25) is 0 Å². The summed E-state index contributed by atoms with van der Waals surface area (Å²) in [7, 11) is 0. The molecule has 7 nitrogen and oxygen atoms in total. The van der Waals surface area contributed by atoms with E-state index in [9.17, 15) is 9.59 Å². The van der Waals surface area contributed by atoms with Gasteiger partial charge >= 0.3 is 6.03 Å². The molecule has 2 aromatic carbocycles. The molecule has 0 bridgehead atoms. The third kappa shape index (κ3) is 3.41. The number of aromatic nitrogens is 1. The standard InChI is InChI=1S/C24H25N5O2/c1-24(21-8-4-6-18-5-2-3-7-20(18)21)22(30)29(23(31)26-24)17-27-13-15-28(16-14-27)19-9-11-25-12-10-19/h2-12H,13-17H2,1H3,(H,26,31)/t24-/m1/s1. The molecule has 1 aromatic heterocycles. The Labute approximate surface area is 181 Å². The van der Waals surface area contributed by atoms with Crippen LogP contribution >= 0.6 is 0 Å². The van der Waals surface area contributed by atoms with E-state index in [4.69, 9.17) is 0 Å². The minimum absolute atomic E-state index is 0.203. The van der Waals surface area contributed by atoms with Crippen LogP contribution in [0.25, 0.3) is 10.8 Å². The smallest absolute Gasteiger partial charge is 0.326 e. The van der Waals surface area contributed by atoms with Gasteiger partial charge in [0.05, 0.1) is 6.67 Å². The summed E-state index contributed by atoms with van der Waals surface area (Å²) in [5, 5.41) is 4.99. The second-order valence-electron chi connectivity index (χ2n) is 8.27. The average Bonchev–Trinajstić information content (AvgIpc) is 3.03. The van der Waals surface area contributed by atoms with Crippen LogP contribution in [0, 0.1) is 0 Å². The Morgan fingerprint density at radius 1 is 0.935 bits per heavy atom. The van der Waals surface area contributed by atoms with Crippen LogP contribution in [0.5, 0.6) is 0 Å². The fourth-order valence-corrected chi connectivity index (χ4v) is 4.57. The zero-order valence-corrected chi connectivity index (χ0v) is 17.5. The van der Waals surface area contributed by atoms with Gasteiger partial charge in [0, 0.05) is 44.3 Å². The highest BCUT2D eigenvalue weighted by Gasteiger charge is 2.50. The van der Waals surface area contributed by atoms with Gasteiger partial charge in [-0.15, -0.1) is 0 Å². The van der Waals surface area contributed by atoms with Crippen molar-refractivity contribution in [1.82, 2.24) is 20.1 Å². The number of anilines is 1. The molecule has 2 aliphatic rings. The number of nitrogens with zero attached hydrogens (tertiary/aromatic N) is 4. The van der Waals surface area contributed by atoms with E-state index in [1.807, 2.05) is 54.6 Å². The van der Waals surface area contributed by atoms with E-state index in [1.54, 1.807) is 19.3 Å². The molecule has 0 aliphatic carbocycles. The molecule has 2 saturated heterocycles. The largest absolute Gasteiger partial charge is 0.369 e. The number of amides is 3. The molecule has 1 atom stereocenters. The molecule has 7 heteroatoms. The lowest BCUT2D eigenvalue weighted by molar-refractivity contribution is -0.132. The Morgan fingerprint density at radius 3 is 2.42 bits per heavy atom. The fraction of sp³-hybridized carbons (Fsp3) is 0.292. The first kappa shape index (κ1) is 19.5. The Kier molecular flexibility index (Phi) is 4.82. The fourth-order valence-electron chi connectivity index (χ4n) is 4.57. The van der Waals surface area contributed by atoms with Crippen LogP contribution in [0.1, 0.15) is 12.5 Å². The number of benzene rings is 2. The van der Waals surface area contributed by atoms with E-state index in [1.165, 1.54) is 4.90 Å². The van der Waals surface area contributed by atoms with Gasteiger partial charge in [-0.25, -0.2) is 9.69 Å². The summed E-state index contributed by atoms with van der Waals surface area (Å²) < 4.78 is 0. The molecule has 0 radical (unpaired) electrons. The topological polar surface area (TPSA) is 68.8 Å². The van der Waals surface area contributed by atoms with Gasteiger partial charge < -0.3 is 10.2 Å². The monoisotopic (exact) mass is 415 g/mol. The van der Waals surface area contributed by atoms with Gasteiger partial charge in [0.1, 0.15) is 5.54 Å². The second-order valence-corrected chi connectivity index (χ2v) is 8.27. The Hall–Kier alpha value is -3.45. The minimum Gasteiger partial charge on any atom is -0.369 e. The van der Waals surface area contributed by atoms with Gasteiger partial charge in [-0.1, -0.05) is 42.5 Å². The lowest BCUT2D eigenvalue weighted by Crippen LogP contribution is -2.51. The Balaban J connectivity index is 1.32. The molecule has 3 heterocycles. The molecular formula is C24H25N5O2. The van der Waals surface area contributed by atoms with Crippen molar-refractivity contribution >= 4 is 28.4 Å². The van der Waals surface area contributed by atoms with Crippen LogP contribution < -0.4 is 10.2 Å². The maximum Gasteiger partial charge on any atom is 0.326 e. The molecule has 3 amide bonds. The van der Waals surface area contributed by atoms with Crippen LogP contribution in [0.2, 0.25) is 0 Å². The maximum atomic E-state index is 13.4. The van der Waals surface area contributed by atoms with Crippen molar-refractivity contribution in [2.75, 3.05) is 37.7 Å². The highest BCUT2D eigenvalue weighted by Crippen LogP contribution is 2.34. The number of carbonyl (C=O) groups is 2. The number of urea groups is 1. The van der Waals surface area contributed by atoms with Crippen LogP contribution in [0.15, 0.2) is 67.0 Å². The number of piperazine rings is 1. The van der Waals surface area contributed by atoms with E-state index in [0.29, 0.717) is 6.67 Å². The van der Waals surface area contributed by atoms with Crippen molar-refractivity contribution in [2.45, 2.75) is 12.5 Å². The minimum atomic E-state index is -1.07.